The fourth-order valence-corrected chi connectivity index (χ4v) is 2.51. The maximum atomic E-state index is 13.0. The van der Waals surface area contributed by atoms with Crippen LogP contribution in [0.4, 0.5) is 13.2 Å². The number of ether oxygens (including phenoxy) is 1. The van der Waals surface area contributed by atoms with E-state index in [9.17, 15) is 13.2 Å². The highest BCUT2D eigenvalue weighted by Gasteiger charge is 2.34. The van der Waals surface area contributed by atoms with Gasteiger partial charge in [0.15, 0.2) is 0 Å². The van der Waals surface area contributed by atoms with Crippen LogP contribution in [0.3, 0.4) is 0 Å². The Morgan fingerprint density at radius 1 is 1.42 bits per heavy atom. The van der Waals surface area contributed by atoms with E-state index in [4.69, 9.17) is 10.00 Å². The molecule has 1 atom stereocenters. The van der Waals surface area contributed by atoms with E-state index in [-0.39, 0.29) is 11.8 Å². The molecule has 1 saturated heterocycles. The molecule has 1 N–H and O–H groups in total. The average Bonchev–Trinajstić information content (AvgIpc) is 3.03. The first kappa shape index (κ1) is 16.4. The minimum Gasteiger partial charge on any atom is -0.375 e. The van der Waals surface area contributed by atoms with Gasteiger partial charge in [-0.15, -0.1) is 5.10 Å². The normalized spacial score (nSPS) is 18.3. The molecule has 0 saturated carbocycles. The molecular formula is C15H14F3N5O. The van der Waals surface area contributed by atoms with Gasteiger partial charge in [-0.2, -0.15) is 18.4 Å². The summed E-state index contributed by atoms with van der Waals surface area (Å²) in [5.74, 6) is 0. The number of nitrogens with zero attached hydrogens (tertiary/aromatic N) is 4. The SMILES string of the molecule is N#Cc1ccc(-n2cc(CC3CNCCO3)nn2)cc1C(F)(F)F. The lowest BCUT2D eigenvalue weighted by Gasteiger charge is -2.22. The molecule has 1 aliphatic rings. The molecule has 9 heteroatoms. The highest BCUT2D eigenvalue weighted by atomic mass is 19.4. The van der Waals surface area contributed by atoms with E-state index in [2.05, 4.69) is 15.6 Å². The molecular weight excluding hydrogens is 323 g/mol. The Hall–Kier alpha value is -2.44. The fraction of sp³-hybridized carbons (Fsp3) is 0.400. The third kappa shape index (κ3) is 3.55. The first-order chi connectivity index (χ1) is 11.5. The second-order valence-electron chi connectivity index (χ2n) is 5.39. The number of benzene rings is 1. The van der Waals surface area contributed by atoms with Crippen LogP contribution in [0.5, 0.6) is 0 Å². The van der Waals surface area contributed by atoms with Crippen LogP contribution in [0, 0.1) is 11.3 Å². The first-order valence-corrected chi connectivity index (χ1v) is 7.32. The van der Waals surface area contributed by atoms with Crippen LogP contribution in [-0.4, -0.2) is 40.8 Å². The zero-order valence-corrected chi connectivity index (χ0v) is 12.5. The van der Waals surface area contributed by atoms with Crippen molar-refractivity contribution in [2.75, 3.05) is 19.7 Å². The van der Waals surface area contributed by atoms with Crippen molar-refractivity contribution in [3.05, 3.63) is 41.2 Å². The first-order valence-electron chi connectivity index (χ1n) is 7.32. The van der Waals surface area contributed by atoms with Crippen molar-refractivity contribution in [3.63, 3.8) is 0 Å². The number of hydrogen-bond donors (Lipinski definition) is 1. The van der Waals surface area contributed by atoms with Crippen molar-refractivity contribution in [1.29, 1.82) is 5.26 Å². The lowest BCUT2D eigenvalue weighted by Crippen LogP contribution is -2.39. The maximum absolute atomic E-state index is 13.0. The maximum Gasteiger partial charge on any atom is 0.417 e. The molecule has 2 heterocycles. The standard InChI is InChI=1S/C15H14F3N5O/c16-15(17,18)14-6-12(2-1-10(14)7-19)23-9-11(21-22-23)5-13-8-20-3-4-24-13/h1-2,6,9,13,20H,3-5,8H2. The predicted octanol–water partition coefficient (Wildman–Crippen LogP) is 1.69. The number of morpholine rings is 1. The van der Waals surface area contributed by atoms with Gasteiger partial charge in [-0.3, -0.25) is 0 Å². The lowest BCUT2D eigenvalue weighted by molar-refractivity contribution is -0.137. The summed E-state index contributed by atoms with van der Waals surface area (Å²) in [7, 11) is 0. The van der Waals surface area contributed by atoms with E-state index in [1.807, 2.05) is 0 Å². The summed E-state index contributed by atoms with van der Waals surface area (Å²) in [5.41, 5.74) is -0.586. The summed E-state index contributed by atoms with van der Waals surface area (Å²) in [6.45, 7) is 2.11. The number of nitrogens with one attached hydrogen (secondary N) is 1. The van der Waals surface area contributed by atoms with E-state index in [0.717, 1.165) is 18.7 Å². The van der Waals surface area contributed by atoms with Crippen LogP contribution in [0.25, 0.3) is 5.69 Å². The molecule has 6 nitrogen and oxygen atoms in total. The van der Waals surface area contributed by atoms with Crippen molar-refractivity contribution in [2.24, 2.45) is 0 Å². The van der Waals surface area contributed by atoms with Crippen LogP contribution in [0.1, 0.15) is 16.8 Å². The van der Waals surface area contributed by atoms with Gasteiger partial charge in [0, 0.05) is 19.5 Å². The molecule has 0 spiro atoms. The van der Waals surface area contributed by atoms with Gasteiger partial charge in [-0.25, -0.2) is 4.68 Å². The second-order valence-corrected chi connectivity index (χ2v) is 5.39. The quantitative estimate of drug-likeness (QED) is 0.922. The number of alkyl halides is 3. The molecule has 1 aliphatic heterocycles. The Morgan fingerprint density at radius 2 is 2.25 bits per heavy atom. The highest BCUT2D eigenvalue weighted by molar-refractivity contribution is 5.47. The van der Waals surface area contributed by atoms with Crippen molar-refractivity contribution < 1.29 is 17.9 Å². The number of nitriles is 1. The van der Waals surface area contributed by atoms with Crippen LogP contribution in [0.15, 0.2) is 24.4 Å². The van der Waals surface area contributed by atoms with Crippen molar-refractivity contribution >= 4 is 0 Å². The van der Waals surface area contributed by atoms with Gasteiger partial charge in [-0.05, 0) is 18.2 Å². The summed E-state index contributed by atoms with van der Waals surface area (Å²) < 4.78 is 45.9. The number of hydrogen-bond acceptors (Lipinski definition) is 5. The summed E-state index contributed by atoms with van der Waals surface area (Å²) >= 11 is 0. The van der Waals surface area contributed by atoms with Crippen LogP contribution in [0.2, 0.25) is 0 Å². The Kier molecular flexibility index (Phi) is 4.51. The molecule has 1 fully saturated rings. The van der Waals surface area contributed by atoms with Crippen molar-refractivity contribution in [2.45, 2.75) is 18.7 Å². The molecule has 24 heavy (non-hydrogen) atoms. The molecule has 0 amide bonds. The van der Waals surface area contributed by atoms with E-state index >= 15 is 0 Å². The monoisotopic (exact) mass is 337 g/mol. The third-order valence-corrected chi connectivity index (χ3v) is 3.68. The molecule has 126 valence electrons. The topological polar surface area (TPSA) is 75.8 Å². The number of halogens is 3. The Morgan fingerprint density at radius 3 is 2.92 bits per heavy atom. The molecule has 0 bridgehead atoms. The minimum absolute atomic E-state index is 0.0319. The zero-order valence-electron chi connectivity index (χ0n) is 12.5. The van der Waals surface area contributed by atoms with Gasteiger partial charge >= 0.3 is 6.18 Å². The van der Waals surface area contributed by atoms with Gasteiger partial charge in [0.2, 0.25) is 0 Å². The molecule has 1 aromatic heterocycles. The molecule has 0 radical (unpaired) electrons. The summed E-state index contributed by atoms with van der Waals surface area (Å²) in [6.07, 6.45) is -2.54. The molecule has 1 aromatic carbocycles. The third-order valence-electron chi connectivity index (χ3n) is 3.68. The Balaban J connectivity index is 1.83. The second kappa shape index (κ2) is 6.59. The number of aromatic nitrogens is 3. The van der Waals surface area contributed by atoms with Gasteiger partial charge < -0.3 is 10.1 Å². The van der Waals surface area contributed by atoms with Crippen molar-refractivity contribution in [1.82, 2.24) is 20.3 Å². The van der Waals surface area contributed by atoms with E-state index in [1.54, 1.807) is 12.3 Å². The average molecular weight is 337 g/mol. The van der Waals surface area contributed by atoms with Gasteiger partial charge in [0.1, 0.15) is 0 Å². The van der Waals surface area contributed by atoms with Crippen LogP contribution >= 0.6 is 0 Å². The van der Waals surface area contributed by atoms with Gasteiger partial charge in [0.05, 0.1) is 47.5 Å². The van der Waals surface area contributed by atoms with Crippen LogP contribution in [-0.2, 0) is 17.3 Å². The highest BCUT2D eigenvalue weighted by Crippen LogP contribution is 2.33. The van der Waals surface area contributed by atoms with Gasteiger partial charge in [0.25, 0.3) is 0 Å². The van der Waals surface area contributed by atoms with Crippen LogP contribution < -0.4 is 5.32 Å². The fourth-order valence-electron chi connectivity index (χ4n) is 2.51. The van der Waals surface area contributed by atoms with E-state index in [0.29, 0.717) is 25.3 Å². The largest absolute Gasteiger partial charge is 0.417 e. The molecule has 3 rings (SSSR count). The van der Waals surface area contributed by atoms with E-state index < -0.39 is 17.3 Å². The molecule has 2 aromatic rings. The summed E-state index contributed by atoms with van der Waals surface area (Å²) in [5, 5.41) is 19.9. The molecule has 0 aliphatic carbocycles. The smallest absolute Gasteiger partial charge is 0.375 e. The Labute approximate surface area is 135 Å². The molecule has 1 unspecified atom stereocenters. The summed E-state index contributed by atoms with van der Waals surface area (Å²) in [4.78, 5) is 0. The Bertz CT molecular complexity index is 759. The zero-order chi connectivity index (χ0) is 17.2. The number of rotatable bonds is 3. The minimum atomic E-state index is -4.61. The van der Waals surface area contributed by atoms with E-state index in [1.165, 1.54) is 10.7 Å². The predicted molar refractivity (Wildman–Crippen MR) is 77.4 cm³/mol. The summed E-state index contributed by atoms with van der Waals surface area (Å²) in [6, 6.07) is 4.99. The van der Waals surface area contributed by atoms with Crippen molar-refractivity contribution in [3.8, 4) is 11.8 Å². The lowest BCUT2D eigenvalue weighted by atomic mass is 10.1. The van der Waals surface area contributed by atoms with Gasteiger partial charge in [-0.1, -0.05) is 5.21 Å².